The van der Waals surface area contributed by atoms with E-state index in [2.05, 4.69) is 33.7 Å². The largest absolute Gasteiger partial charge is 0.481 e. The molecule has 11 atom stereocenters. The van der Waals surface area contributed by atoms with Crippen LogP contribution in [0.5, 0.6) is 0 Å². The van der Waals surface area contributed by atoms with Crippen LogP contribution >= 0.6 is 0 Å². The van der Waals surface area contributed by atoms with Gasteiger partial charge < -0.3 is 50.8 Å². The van der Waals surface area contributed by atoms with E-state index in [0.29, 0.717) is 26.0 Å². The lowest BCUT2D eigenvalue weighted by molar-refractivity contribution is -0.147. The molecule has 9 N–H and O–H groups in total. The van der Waals surface area contributed by atoms with Gasteiger partial charge in [0, 0.05) is 32.8 Å². The van der Waals surface area contributed by atoms with Crippen LogP contribution in [0.25, 0.3) is 0 Å². The summed E-state index contributed by atoms with van der Waals surface area (Å²) in [5.74, 6) is -3.57. The zero-order chi connectivity index (χ0) is 47.4. The fraction of sp³-hybridized carbons (Fsp3) is 0.705. The van der Waals surface area contributed by atoms with Gasteiger partial charge in [-0.05, 0) is 77.8 Å². The molecule has 3 heterocycles. The third kappa shape index (κ3) is 20.1. The number of amides is 5. The molecule has 5 amide bonds. The molecule has 3 aliphatic heterocycles. The number of aliphatic hydroxyl groups excluding tert-OH is 1. The molecule has 19 nitrogen and oxygen atoms in total. The smallest absolute Gasteiger partial charge is 0.303 e. The highest BCUT2D eigenvalue weighted by molar-refractivity contribution is 5.92. The van der Waals surface area contributed by atoms with Gasteiger partial charge in [-0.1, -0.05) is 51.0 Å². The second kappa shape index (κ2) is 26.8. The van der Waals surface area contributed by atoms with E-state index in [1.165, 1.54) is 26.0 Å². The number of carboxylic acid groups (broad SMARTS) is 1. The molecule has 0 aromatic carbocycles. The lowest BCUT2D eigenvalue weighted by Gasteiger charge is -2.39. The van der Waals surface area contributed by atoms with Crippen LogP contribution in [0.2, 0.25) is 0 Å². The summed E-state index contributed by atoms with van der Waals surface area (Å²) in [6, 6.07) is -2.03. The number of unbranched alkanes of at least 4 members (excludes halogenated alkanes) is 2. The maximum Gasteiger partial charge on any atom is 0.303 e. The normalized spacial score (nSPS) is 27.0. The quantitative estimate of drug-likeness (QED) is 0.0216. The first-order valence-corrected chi connectivity index (χ1v) is 21.8. The Morgan fingerprint density at radius 2 is 1.57 bits per heavy atom. The summed E-state index contributed by atoms with van der Waals surface area (Å²) in [5.41, 5.74) is 10.3. The van der Waals surface area contributed by atoms with Crippen LogP contribution in [-0.2, 0) is 52.5 Å². The number of carboxylic acids is 1. The number of rotatable bonds is 20. The summed E-state index contributed by atoms with van der Waals surface area (Å²) in [6.45, 7) is 15.9. The minimum Gasteiger partial charge on any atom is -0.481 e. The van der Waals surface area contributed by atoms with Gasteiger partial charge in [0.2, 0.25) is 23.6 Å². The maximum absolute atomic E-state index is 13.0. The Balaban J connectivity index is 0.00000326. The van der Waals surface area contributed by atoms with Crippen LogP contribution in [0.3, 0.4) is 0 Å². The van der Waals surface area contributed by atoms with Crippen LogP contribution in [-0.4, -0.2) is 125 Å². The molecule has 19 heteroatoms. The molecule has 0 bridgehead atoms. The van der Waals surface area contributed by atoms with Gasteiger partial charge in [-0.3, -0.25) is 44.4 Å². The molecular weight excluding hydrogens is 821 g/mol. The molecule has 1 spiro atoms. The number of epoxide rings is 1. The summed E-state index contributed by atoms with van der Waals surface area (Å²) in [5, 5.41) is 26.8. The molecule has 3 saturated heterocycles. The number of carbonyl (C=O) groups is 7. The van der Waals surface area contributed by atoms with Gasteiger partial charge in [-0.2, -0.15) is 0 Å². The van der Waals surface area contributed by atoms with Gasteiger partial charge >= 0.3 is 5.97 Å². The zero-order valence-corrected chi connectivity index (χ0v) is 38.3. The average Bonchev–Trinajstić information content (AvgIpc) is 3.97. The highest BCUT2D eigenvalue weighted by Crippen LogP contribution is 2.43. The summed E-state index contributed by atoms with van der Waals surface area (Å²) in [4.78, 5) is 83.6. The minimum atomic E-state index is -1.01. The molecule has 3 fully saturated rings. The number of ether oxygens (including phenoxy) is 4. The molecule has 3 aliphatic rings. The van der Waals surface area contributed by atoms with Crippen molar-refractivity contribution in [2.24, 2.45) is 17.6 Å². The molecule has 356 valence electrons. The molecule has 0 saturated carbocycles. The first-order valence-electron chi connectivity index (χ1n) is 21.8. The summed E-state index contributed by atoms with van der Waals surface area (Å²) >= 11 is 0. The summed E-state index contributed by atoms with van der Waals surface area (Å²) in [6.07, 6.45) is 9.52. The molecule has 0 unspecified atom stereocenters. The Morgan fingerprint density at radius 3 is 2.17 bits per heavy atom. The zero-order valence-electron chi connectivity index (χ0n) is 38.3. The Morgan fingerprint density at radius 1 is 0.905 bits per heavy atom. The highest BCUT2D eigenvalue weighted by atomic mass is 16.6. The van der Waals surface area contributed by atoms with Gasteiger partial charge in [0.05, 0.1) is 37.4 Å². The monoisotopic (exact) mass is 893 g/mol. The lowest BCUT2D eigenvalue weighted by Crippen LogP contribution is -2.56. The van der Waals surface area contributed by atoms with Crippen molar-refractivity contribution < 1.29 is 62.7 Å². The van der Waals surface area contributed by atoms with E-state index in [9.17, 15) is 33.9 Å². The molecular formula is C44H72N6O13. The van der Waals surface area contributed by atoms with Crippen LogP contribution < -0.4 is 32.5 Å². The van der Waals surface area contributed by atoms with Crippen molar-refractivity contribution in [2.75, 3.05) is 13.2 Å². The first-order chi connectivity index (χ1) is 29.6. The second-order valence-corrected chi connectivity index (χ2v) is 17.0. The van der Waals surface area contributed by atoms with E-state index in [-0.39, 0.29) is 61.2 Å². The van der Waals surface area contributed by atoms with E-state index >= 15 is 0 Å². The van der Waals surface area contributed by atoms with Gasteiger partial charge in [0.1, 0.15) is 36.0 Å². The van der Waals surface area contributed by atoms with Crippen molar-refractivity contribution in [3.63, 3.8) is 0 Å². The van der Waals surface area contributed by atoms with Crippen molar-refractivity contribution >= 4 is 41.5 Å². The molecule has 0 aliphatic carbocycles. The number of hydrazine groups is 1. The third-order valence-corrected chi connectivity index (χ3v) is 10.8. The van der Waals surface area contributed by atoms with Gasteiger partial charge in [0.25, 0.3) is 11.9 Å². The lowest BCUT2D eigenvalue weighted by atomic mass is 9.87. The fourth-order valence-corrected chi connectivity index (χ4v) is 7.14. The topological polar surface area (TPSA) is 286 Å². The summed E-state index contributed by atoms with van der Waals surface area (Å²) in [7, 11) is 0. The minimum absolute atomic E-state index is 0.0744. The Kier molecular flexibility index (Phi) is 23.2. The average molecular weight is 893 g/mol. The van der Waals surface area contributed by atoms with Crippen molar-refractivity contribution in [3.8, 4) is 0 Å². The first kappa shape index (κ1) is 54.4. The van der Waals surface area contributed by atoms with E-state index < -0.39 is 71.8 Å². The molecule has 3 rings (SSSR count). The van der Waals surface area contributed by atoms with Crippen molar-refractivity contribution in [2.45, 2.75) is 174 Å². The molecule has 0 aromatic rings. The van der Waals surface area contributed by atoms with E-state index in [1.807, 2.05) is 26.0 Å². The second-order valence-electron chi connectivity index (χ2n) is 17.0. The Bertz CT molecular complexity index is 1640. The highest BCUT2D eigenvalue weighted by Gasteiger charge is 2.58. The number of nitrogens with two attached hydrogens (primary N) is 1. The number of esters is 1. The summed E-state index contributed by atoms with van der Waals surface area (Å²) < 4.78 is 23.1. The number of carbonyl (C=O) groups excluding carboxylic acids is 6. The van der Waals surface area contributed by atoms with Gasteiger partial charge in [-0.15, -0.1) is 0 Å². The molecule has 0 aromatic heterocycles. The number of hydrogen-bond donors (Lipinski definition) is 8. The number of allylic oxidation sites excluding steroid dienone is 2. The Labute approximate surface area is 371 Å². The van der Waals surface area contributed by atoms with E-state index in [4.69, 9.17) is 34.6 Å². The maximum atomic E-state index is 13.0. The van der Waals surface area contributed by atoms with Crippen LogP contribution in [0, 0.1) is 11.8 Å². The van der Waals surface area contributed by atoms with Crippen molar-refractivity contribution in [3.05, 3.63) is 36.0 Å². The van der Waals surface area contributed by atoms with Crippen LogP contribution in [0.1, 0.15) is 114 Å². The third-order valence-electron chi connectivity index (χ3n) is 10.8. The van der Waals surface area contributed by atoms with Crippen molar-refractivity contribution in [1.82, 2.24) is 26.8 Å². The molecule has 0 radical (unpaired) electrons. The van der Waals surface area contributed by atoms with Crippen molar-refractivity contribution in [1.29, 1.82) is 0 Å². The predicted octanol–water partition coefficient (Wildman–Crippen LogP) is 1.77. The van der Waals surface area contributed by atoms with E-state index in [0.717, 1.165) is 31.8 Å². The van der Waals surface area contributed by atoms with Gasteiger partial charge in [0.15, 0.2) is 0 Å². The SMILES string of the molecule is CC(=O)O.CC(=O)O[C@@H](C)/C=C\C(=O)N[C@@H]1C[C@H](C)[C@H](C/C=C(C)/C=C/[C@H]2O[C@H](CC(=O)NNC(=O)[C@H](C)NC(=O)[C@@H](NC(=O)CCCCCN)C(C)C)C[C@@]3(CO3)[C@@H]2O)O[C@@H]1C. The number of nitrogens with one attached hydrogen (secondary N) is 5. The predicted molar refractivity (Wildman–Crippen MR) is 232 cm³/mol. The number of hydrogen-bond acceptors (Lipinski definition) is 13. The number of aliphatic carboxylic acids is 1. The van der Waals surface area contributed by atoms with E-state index in [1.54, 1.807) is 26.8 Å². The number of aliphatic hydroxyl groups is 1. The van der Waals surface area contributed by atoms with Crippen LogP contribution in [0.4, 0.5) is 0 Å². The standard InChI is InChI=1S/C42H68N6O11.C2H4O2/c1-24(2)38(46-35(50)12-10-9-11-19-43)41(55)44-28(6)40(54)48-47-37(52)21-31-22-42(23-56-42)39(53)34(59-31)17-14-25(3)13-16-33-26(4)20-32(29(7)58-33)45-36(51)18-15-27(5)57-30(8)49;1-2(3)4/h13-15,17-18,24,26-29,31-34,38-39,53H,9-12,16,19-23,43H2,1-8H3,(H,44,55)(H,45,51)(H,46,50)(H,47,52)(H,48,54);1H3,(H,3,4)/b17-14+,18-15-,25-13+;/t26-,27-,28-,29+,31+,32+,33-,34+,38-,39+,42+;/m0./s1. The molecule has 63 heavy (non-hydrogen) atoms. The van der Waals surface area contributed by atoms with Crippen LogP contribution in [0.15, 0.2) is 36.0 Å². The van der Waals surface area contributed by atoms with Gasteiger partial charge in [-0.25, -0.2) is 0 Å². The fourth-order valence-electron chi connectivity index (χ4n) is 7.14. The Hall–Kier alpha value is -4.69.